The van der Waals surface area contributed by atoms with Gasteiger partial charge in [0.25, 0.3) is 0 Å². The number of benzene rings is 1. The lowest BCUT2D eigenvalue weighted by atomic mass is 9.85. The minimum Gasteiger partial charge on any atom is -0.487 e. The number of carbonyl (C=O) groups is 1. The highest BCUT2D eigenvalue weighted by atomic mass is 19.1. The van der Waals surface area contributed by atoms with Crippen molar-refractivity contribution < 1.29 is 23.8 Å². The molecule has 29 heavy (non-hydrogen) atoms. The number of hydrogen-bond donors (Lipinski definition) is 2. The van der Waals surface area contributed by atoms with Gasteiger partial charge in [-0.2, -0.15) is 0 Å². The predicted octanol–water partition coefficient (Wildman–Crippen LogP) is 1.35. The number of hydrogen-bond acceptors (Lipinski definition) is 6. The Bertz CT molecular complexity index is 1100. The molecule has 0 bridgehead atoms. The van der Waals surface area contributed by atoms with E-state index in [4.69, 9.17) is 15.2 Å². The van der Waals surface area contributed by atoms with Crippen LogP contribution in [0.4, 0.5) is 10.1 Å². The third-order valence-corrected chi connectivity index (χ3v) is 6.41. The summed E-state index contributed by atoms with van der Waals surface area (Å²) in [6.07, 6.45) is 2.13. The molecule has 9 heteroatoms. The Hall–Kier alpha value is -2.65. The number of nitrogens with zero attached hydrogens (tertiary/aromatic N) is 2. The standard InChI is InChI=1S/C20H22FN3O5/c1-10-7-29-18-15-12(17(25)13(19(26)27)6-24(10)15)4-14(21)16(18)23-5-11-2-3-28-9-20(11,22)8-23/h4,6,10-11H,2-3,5,7-9,22H2,1H3,(H,26,27)/t10-,11-,20-/m0/s1. The number of aromatic carboxylic acids is 1. The lowest BCUT2D eigenvalue weighted by molar-refractivity contribution is 0.0203. The normalized spacial score (nSPS) is 28.3. The summed E-state index contributed by atoms with van der Waals surface area (Å²) in [4.78, 5) is 26.1. The molecule has 154 valence electrons. The zero-order chi connectivity index (χ0) is 20.5. The number of aromatic nitrogens is 1. The first-order valence-corrected chi connectivity index (χ1v) is 9.69. The van der Waals surface area contributed by atoms with Crippen molar-refractivity contribution in [1.29, 1.82) is 0 Å². The number of carboxylic acid groups (broad SMARTS) is 1. The molecular formula is C20H22FN3O5. The molecule has 1 aromatic carbocycles. The van der Waals surface area contributed by atoms with Gasteiger partial charge in [-0.25, -0.2) is 9.18 Å². The van der Waals surface area contributed by atoms with Crippen molar-refractivity contribution in [2.24, 2.45) is 11.7 Å². The Labute approximate surface area is 165 Å². The zero-order valence-electron chi connectivity index (χ0n) is 16.0. The van der Waals surface area contributed by atoms with Crippen LogP contribution in [0.25, 0.3) is 10.9 Å². The van der Waals surface area contributed by atoms with E-state index in [0.717, 1.165) is 12.5 Å². The molecule has 1 aromatic heterocycles. The topological polar surface area (TPSA) is 107 Å². The second-order valence-electron chi connectivity index (χ2n) is 8.33. The van der Waals surface area contributed by atoms with Crippen LogP contribution in [-0.4, -0.2) is 54.1 Å². The van der Waals surface area contributed by atoms with Crippen molar-refractivity contribution in [3.8, 4) is 5.75 Å². The van der Waals surface area contributed by atoms with Gasteiger partial charge >= 0.3 is 5.97 Å². The van der Waals surface area contributed by atoms with Gasteiger partial charge < -0.3 is 29.8 Å². The lowest BCUT2D eigenvalue weighted by Gasteiger charge is -2.34. The molecule has 4 heterocycles. The van der Waals surface area contributed by atoms with Crippen LogP contribution in [-0.2, 0) is 4.74 Å². The first-order chi connectivity index (χ1) is 13.8. The predicted molar refractivity (Wildman–Crippen MR) is 103 cm³/mol. The molecule has 3 atom stereocenters. The third-order valence-electron chi connectivity index (χ3n) is 6.41. The maximum Gasteiger partial charge on any atom is 0.341 e. The third kappa shape index (κ3) is 2.57. The average molecular weight is 403 g/mol. The molecule has 8 nitrogen and oxygen atoms in total. The number of ether oxygens (including phenoxy) is 2. The van der Waals surface area contributed by atoms with Crippen molar-refractivity contribution in [3.05, 3.63) is 33.9 Å². The van der Waals surface area contributed by atoms with Gasteiger partial charge in [0, 0.05) is 31.8 Å². The fourth-order valence-corrected chi connectivity index (χ4v) is 4.86. The number of carboxylic acids is 1. The highest BCUT2D eigenvalue weighted by molar-refractivity contribution is 5.97. The Morgan fingerprint density at radius 2 is 2.24 bits per heavy atom. The summed E-state index contributed by atoms with van der Waals surface area (Å²) in [5, 5.41) is 9.40. The summed E-state index contributed by atoms with van der Waals surface area (Å²) < 4.78 is 28.5. The molecule has 0 aliphatic carbocycles. The minimum atomic E-state index is -1.33. The van der Waals surface area contributed by atoms with E-state index in [-0.39, 0.29) is 41.0 Å². The zero-order valence-corrected chi connectivity index (χ0v) is 16.0. The van der Waals surface area contributed by atoms with Gasteiger partial charge in [-0.15, -0.1) is 0 Å². The highest BCUT2D eigenvalue weighted by Gasteiger charge is 2.47. The molecule has 3 aliphatic rings. The summed E-state index contributed by atoms with van der Waals surface area (Å²) in [6.45, 7) is 4.15. The van der Waals surface area contributed by atoms with Crippen LogP contribution < -0.4 is 20.8 Å². The number of rotatable bonds is 2. The number of anilines is 1. The number of fused-ring (bicyclic) bond motifs is 1. The molecule has 0 spiro atoms. The maximum absolute atomic E-state index is 15.3. The van der Waals surface area contributed by atoms with E-state index in [1.54, 1.807) is 4.57 Å². The van der Waals surface area contributed by atoms with Gasteiger partial charge in [-0.05, 0) is 19.4 Å². The van der Waals surface area contributed by atoms with E-state index >= 15 is 4.39 Å². The fraction of sp³-hybridized carbons (Fsp3) is 0.500. The summed E-state index contributed by atoms with van der Waals surface area (Å²) in [7, 11) is 0. The molecule has 2 aromatic rings. The maximum atomic E-state index is 15.3. The second-order valence-corrected chi connectivity index (χ2v) is 8.33. The van der Waals surface area contributed by atoms with Gasteiger partial charge in [-0.3, -0.25) is 4.79 Å². The van der Waals surface area contributed by atoms with Gasteiger partial charge in [0.2, 0.25) is 5.43 Å². The van der Waals surface area contributed by atoms with E-state index in [1.807, 2.05) is 11.8 Å². The summed E-state index contributed by atoms with van der Waals surface area (Å²) in [5.41, 5.74) is 5.59. The Kier molecular flexibility index (Phi) is 3.91. The van der Waals surface area contributed by atoms with Gasteiger partial charge in [0.05, 0.1) is 29.1 Å². The molecule has 0 unspecified atom stereocenters. The largest absolute Gasteiger partial charge is 0.487 e. The first kappa shape index (κ1) is 18.4. The number of nitrogens with two attached hydrogens (primary N) is 1. The fourth-order valence-electron chi connectivity index (χ4n) is 4.86. The molecular weight excluding hydrogens is 381 g/mol. The van der Waals surface area contributed by atoms with Crippen LogP contribution >= 0.6 is 0 Å². The first-order valence-electron chi connectivity index (χ1n) is 9.69. The molecule has 3 aliphatic heterocycles. The highest BCUT2D eigenvalue weighted by Crippen LogP contribution is 2.45. The van der Waals surface area contributed by atoms with Gasteiger partial charge in [0.15, 0.2) is 11.6 Å². The van der Waals surface area contributed by atoms with Crippen LogP contribution in [0, 0.1) is 11.7 Å². The van der Waals surface area contributed by atoms with Gasteiger partial charge in [-0.1, -0.05) is 0 Å². The summed E-state index contributed by atoms with van der Waals surface area (Å²) in [6, 6.07) is 0.931. The van der Waals surface area contributed by atoms with E-state index in [2.05, 4.69) is 0 Å². The molecule has 0 radical (unpaired) electrons. The van der Waals surface area contributed by atoms with Crippen molar-refractivity contribution in [3.63, 3.8) is 0 Å². The SMILES string of the molecule is C[C@H]1COc2c(N3C[C@@H]4CCOC[C@@]4(N)C3)c(F)cc3c(=O)c(C(=O)O)cn1c23. The van der Waals surface area contributed by atoms with Crippen molar-refractivity contribution >= 4 is 22.6 Å². The molecule has 2 fully saturated rings. The Morgan fingerprint density at radius 1 is 1.45 bits per heavy atom. The summed E-state index contributed by atoms with van der Waals surface area (Å²) >= 11 is 0. The van der Waals surface area contributed by atoms with Crippen LogP contribution in [0.15, 0.2) is 17.1 Å². The lowest BCUT2D eigenvalue weighted by Crippen LogP contribution is -2.54. The van der Waals surface area contributed by atoms with Crippen LogP contribution in [0.5, 0.6) is 5.75 Å². The molecule has 3 N–H and O–H groups in total. The molecule has 5 rings (SSSR count). The average Bonchev–Trinajstić information content (AvgIpc) is 3.02. The van der Waals surface area contributed by atoms with E-state index in [1.165, 1.54) is 6.20 Å². The van der Waals surface area contributed by atoms with Crippen molar-refractivity contribution in [2.75, 3.05) is 37.8 Å². The molecule has 0 saturated carbocycles. The minimum absolute atomic E-state index is 0.00936. The van der Waals surface area contributed by atoms with E-state index < -0.39 is 22.8 Å². The van der Waals surface area contributed by atoms with E-state index in [9.17, 15) is 14.7 Å². The Morgan fingerprint density at radius 3 is 2.97 bits per heavy atom. The number of halogens is 1. The quantitative estimate of drug-likeness (QED) is 0.779. The smallest absolute Gasteiger partial charge is 0.341 e. The number of pyridine rings is 1. The Balaban J connectivity index is 1.73. The van der Waals surface area contributed by atoms with Gasteiger partial charge in [0.1, 0.15) is 17.9 Å². The molecule has 2 saturated heterocycles. The van der Waals surface area contributed by atoms with Crippen molar-refractivity contribution in [2.45, 2.75) is 24.9 Å². The van der Waals surface area contributed by atoms with Crippen molar-refractivity contribution in [1.82, 2.24) is 4.57 Å². The van der Waals surface area contributed by atoms with Crippen LogP contribution in [0.2, 0.25) is 0 Å². The van der Waals surface area contributed by atoms with E-state index in [0.29, 0.717) is 31.8 Å². The summed E-state index contributed by atoms with van der Waals surface area (Å²) in [5.74, 6) is -1.50. The second kappa shape index (κ2) is 6.17. The van der Waals surface area contributed by atoms with Crippen LogP contribution in [0.1, 0.15) is 29.7 Å². The molecule has 0 amide bonds. The van der Waals surface area contributed by atoms with Crippen LogP contribution in [0.3, 0.4) is 0 Å². The monoisotopic (exact) mass is 403 g/mol.